The predicted octanol–water partition coefficient (Wildman–Crippen LogP) is 1.50. The zero-order valence-corrected chi connectivity index (χ0v) is 12.7. The molecule has 5 nitrogen and oxygen atoms in total. The minimum atomic E-state index is -3.71. The van der Waals surface area contributed by atoms with Gasteiger partial charge in [0.1, 0.15) is 11.9 Å². The molecule has 0 radical (unpaired) electrons. The molecule has 0 aliphatic carbocycles. The summed E-state index contributed by atoms with van der Waals surface area (Å²) >= 11 is 0. The first-order valence-electron chi connectivity index (χ1n) is 6.18. The van der Waals surface area contributed by atoms with Gasteiger partial charge in [-0.2, -0.15) is 0 Å². The van der Waals surface area contributed by atoms with Gasteiger partial charge in [0.05, 0.1) is 11.9 Å². The number of carbonyl (C=O) groups excluding carboxylic acids is 1. The summed E-state index contributed by atoms with van der Waals surface area (Å²) in [7, 11) is -3.71. The van der Waals surface area contributed by atoms with Crippen molar-refractivity contribution in [2.45, 2.75) is 32.9 Å². The lowest BCUT2D eigenvalue weighted by atomic mass is 10.2. The number of nitrogens with zero attached hydrogens (tertiary/aromatic N) is 1. The van der Waals surface area contributed by atoms with Crippen molar-refractivity contribution in [1.29, 1.82) is 0 Å². The minimum Gasteiger partial charge on any atom is -0.352 e. The predicted molar refractivity (Wildman–Crippen MR) is 76.5 cm³/mol. The van der Waals surface area contributed by atoms with Crippen LogP contribution < -0.4 is 9.62 Å². The second-order valence-corrected chi connectivity index (χ2v) is 6.74. The lowest BCUT2D eigenvalue weighted by Gasteiger charge is -2.28. The molecule has 0 bridgehead atoms. The average Bonchev–Trinajstić information content (AvgIpc) is 2.26. The topological polar surface area (TPSA) is 66.5 Å². The number of amides is 1. The van der Waals surface area contributed by atoms with Crippen LogP contribution >= 0.6 is 0 Å². The van der Waals surface area contributed by atoms with E-state index in [-0.39, 0.29) is 11.7 Å². The molecular formula is C13H19FN2O3S. The molecule has 0 aliphatic heterocycles. The number of anilines is 1. The van der Waals surface area contributed by atoms with Crippen LogP contribution in [0.15, 0.2) is 24.3 Å². The monoisotopic (exact) mass is 302 g/mol. The first-order valence-corrected chi connectivity index (χ1v) is 8.03. The number of rotatable bonds is 5. The maximum absolute atomic E-state index is 13.3. The Morgan fingerprint density at radius 2 is 1.90 bits per heavy atom. The van der Waals surface area contributed by atoms with Gasteiger partial charge in [0.2, 0.25) is 15.9 Å². The Hall–Kier alpha value is -1.63. The van der Waals surface area contributed by atoms with E-state index in [0.717, 1.165) is 16.6 Å². The summed E-state index contributed by atoms with van der Waals surface area (Å²) in [5, 5.41) is 2.64. The van der Waals surface area contributed by atoms with Crippen molar-refractivity contribution >= 4 is 21.6 Å². The largest absolute Gasteiger partial charge is 0.352 e. The van der Waals surface area contributed by atoms with Crippen LogP contribution in [-0.4, -0.2) is 32.7 Å². The van der Waals surface area contributed by atoms with E-state index in [2.05, 4.69) is 5.32 Å². The van der Waals surface area contributed by atoms with Crippen molar-refractivity contribution in [3.63, 3.8) is 0 Å². The Morgan fingerprint density at radius 3 is 2.35 bits per heavy atom. The maximum Gasteiger partial charge on any atom is 0.243 e. The molecule has 0 aromatic heterocycles. The first-order chi connectivity index (χ1) is 9.12. The van der Waals surface area contributed by atoms with Gasteiger partial charge in [-0.25, -0.2) is 12.8 Å². The molecule has 20 heavy (non-hydrogen) atoms. The fourth-order valence-electron chi connectivity index (χ4n) is 1.83. The van der Waals surface area contributed by atoms with Gasteiger partial charge >= 0.3 is 0 Å². The molecule has 0 fully saturated rings. The minimum absolute atomic E-state index is 0.112. The van der Waals surface area contributed by atoms with E-state index in [0.29, 0.717) is 0 Å². The van der Waals surface area contributed by atoms with Gasteiger partial charge in [0, 0.05) is 6.04 Å². The van der Waals surface area contributed by atoms with Crippen molar-refractivity contribution in [3.05, 3.63) is 30.1 Å². The molecular weight excluding hydrogens is 283 g/mol. The van der Waals surface area contributed by atoms with Gasteiger partial charge in [0.25, 0.3) is 0 Å². The van der Waals surface area contributed by atoms with E-state index in [1.54, 1.807) is 13.8 Å². The molecule has 1 aromatic carbocycles. The van der Waals surface area contributed by atoms with E-state index >= 15 is 0 Å². The van der Waals surface area contributed by atoms with Crippen LogP contribution in [0.2, 0.25) is 0 Å². The fraction of sp³-hybridized carbons (Fsp3) is 0.462. The van der Waals surface area contributed by atoms with Gasteiger partial charge in [-0.1, -0.05) is 6.07 Å². The Balaban J connectivity index is 3.18. The highest BCUT2D eigenvalue weighted by molar-refractivity contribution is 7.92. The van der Waals surface area contributed by atoms with Crippen LogP contribution in [-0.2, 0) is 14.8 Å². The highest BCUT2D eigenvalue weighted by Crippen LogP contribution is 2.21. The highest BCUT2D eigenvalue weighted by atomic mass is 32.2. The van der Waals surface area contributed by atoms with Crippen LogP contribution in [0.25, 0.3) is 0 Å². The van der Waals surface area contributed by atoms with E-state index in [1.165, 1.54) is 25.1 Å². The number of hydrogen-bond acceptors (Lipinski definition) is 3. The van der Waals surface area contributed by atoms with Crippen LogP contribution in [0.5, 0.6) is 0 Å². The number of benzene rings is 1. The second-order valence-electron chi connectivity index (χ2n) is 4.88. The van der Waals surface area contributed by atoms with Gasteiger partial charge in [-0.15, -0.1) is 0 Å². The average molecular weight is 302 g/mol. The standard InChI is InChI=1S/C13H19FN2O3S/c1-9(2)15-13(17)10(3)16(20(4,18)19)12-7-5-6-11(14)8-12/h5-10H,1-4H3,(H,15,17). The molecule has 0 spiro atoms. The third kappa shape index (κ3) is 4.19. The van der Waals surface area contributed by atoms with Gasteiger partial charge in [-0.3, -0.25) is 9.10 Å². The number of nitrogens with one attached hydrogen (secondary N) is 1. The lowest BCUT2D eigenvalue weighted by Crippen LogP contribution is -2.49. The molecule has 1 N–H and O–H groups in total. The smallest absolute Gasteiger partial charge is 0.243 e. The number of halogens is 1. The third-order valence-corrected chi connectivity index (χ3v) is 3.82. The van der Waals surface area contributed by atoms with Gasteiger partial charge in [-0.05, 0) is 39.0 Å². The second kappa shape index (κ2) is 6.21. The van der Waals surface area contributed by atoms with E-state index < -0.39 is 27.8 Å². The SMILES string of the molecule is CC(C)NC(=O)C(C)N(c1cccc(F)c1)S(C)(=O)=O. The molecule has 7 heteroatoms. The first kappa shape index (κ1) is 16.4. The Bertz CT molecular complexity index is 587. The lowest BCUT2D eigenvalue weighted by molar-refractivity contribution is -0.122. The van der Waals surface area contributed by atoms with Crippen LogP contribution in [0, 0.1) is 5.82 Å². The molecule has 1 amide bonds. The summed E-state index contributed by atoms with van der Waals surface area (Å²) in [6.45, 7) is 5.01. The summed E-state index contributed by atoms with van der Waals surface area (Å²) in [6, 6.07) is 4.07. The molecule has 112 valence electrons. The van der Waals surface area contributed by atoms with Crippen molar-refractivity contribution < 1.29 is 17.6 Å². The summed E-state index contributed by atoms with van der Waals surface area (Å²) in [6.07, 6.45) is 0.983. The highest BCUT2D eigenvalue weighted by Gasteiger charge is 2.29. The van der Waals surface area contributed by atoms with E-state index in [1.807, 2.05) is 0 Å². The van der Waals surface area contributed by atoms with E-state index in [4.69, 9.17) is 0 Å². The number of sulfonamides is 1. The van der Waals surface area contributed by atoms with Gasteiger partial charge in [0.15, 0.2) is 0 Å². The molecule has 1 aromatic rings. The summed E-state index contributed by atoms with van der Waals surface area (Å²) in [4.78, 5) is 12.0. The molecule has 0 heterocycles. The van der Waals surface area contributed by atoms with E-state index in [9.17, 15) is 17.6 Å². The molecule has 0 saturated carbocycles. The molecule has 0 aliphatic rings. The van der Waals surface area contributed by atoms with Crippen LogP contribution in [0.3, 0.4) is 0 Å². The Morgan fingerprint density at radius 1 is 1.30 bits per heavy atom. The zero-order chi connectivity index (χ0) is 15.5. The van der Waals surface area contributed by atoms with Crippen molar-refractivity contribution in [2.75, 3.05) is 10.6 Å². The van der Waals surface area contributed by atoms with Crippen molar-refractivity contribution in [3.8, 4) is 0 Å². The Labute approximate surface area is 118 Å². The van der Waals surface area contributed by atoms with Crippen molar-refractivity contribution in [2.24, 2.45) is 0 Å². The quantitative estimate of drug-likeness (QED) is 0.896. The van der Waals surface area contributed by atoms with Crippen LogP contribution in [0.1, 0.15) is 20.8 Å². The van der Waals surface area contributed by atoms with Crippen molar-refractivity contribution in [1.82, 2.24) is 5.32 Å². The summed E-state index contributed by atoms with van der Waals surface area (Å²) < 4.78 is 38.0. The normalized spacial score (nSPS) is 13.1. The molecule has 1 atom stereocenters. The summed E-state index contributed by atoms with van der Waals surface area (Å²) in [5.74, 6) is -0.998. The van der Waals surface area contributed by atoms with Crippen LogP contribution in [0.4, 0.5) is 10.1 Å². The molecule has 1 rings (SSSR count). The zero-order valence-electron chi connectivity index (χ0n) is 11.9. The van der Waals surface area contributed by atoms with Gasteiger partial charge < -0.3 is 5.32 Å². The third-order valence-electron chi connectivity index (χ3n) is 2.58. The number of carbonyl (C=O) groups is 1. The fourth-order valence-corrected chi connectivity index (χ4v) is 2.99. The molecule has 0 saturated heterocycles. The Kier molecular flexibility index (Phi) is 5.10. The summed E-state index contributed by atoms with van der Waals surface area (Å²) in [5.41, 5.74) is 0.124. The number of hydrogen-bond donors (Lipinski definition) is 1. The maximum atomic E-state index is 13.3. The molecule has 1 unspecified atom stereocenters.